The van der Waals surface area contributed by atoms with Gasteiger partial charge in [0.2, 0.25) is 0 Å². The molecule has 2 heterocycles. The predicted octanol–water partition coefficient (Wildman–Crippen LogP) is 1.29. The molecule has 0 spiro atoms. The van der Waals surface area contributed by atoms with Gasteiger partial charge in [-0.25, -0.2) is 9.98 Å². The Morgan fingerprint density at radius 3 is 2.83 bits per heavy atom. The molecule has 0 radical (unpaired) electrons. The van der Waals surface area contributed by atoms with Crippen LogP contribution in [0.5, 0.6) is 0 Å². The summed E-state index contributed by atoms with van der Waals surface area (Å²) in [4.78, 5) is 9.81. The summed E-state index contributed by atoms with van der Waals surface area (Å²) in [6.45, 7) is 5.08. The maximum atomic E-state index is 12.4. The lowest BCUT2D eigenvalue weighted by Gasteiger charge is -2.26. The molecule has 0 amide bonds. The van der Waals surface area contributed by atoms with Crippen molar-refractivity contribution >= 4 is 17.3 Å². The fraction of sp³-hybridized carbons (Fsp3) is 0.692. The Hall–Kier alpha value is -1.39. The molecule has 0 aromatic carbocycles. The Morgan fingerprint density at radius 2 is 2.17 bits per heavy atom. The summed E-state index contributed by atoms with van der Waals surface area (Å²) >= 11 is 0.926. The van der Waals surface area contributed by atoms with E-state index in [1.807, 2.05) is 0 Å². The van der Waals surface area contributed by atoms with Gasteiger partial charge >= 0.3 is 6.18 Å². The Labute approximate surface area is 136 Å². The molecule has 3 N–H and O–H groups in total. The predicted molar refractivity (Wildman–Crippen MR) is 82.3 cm³/mol. The highest BCUT2D eigenvalue weighted by Crippen LogP contribution is 2.30. The first-order valence-electron chi connectivity index (χ1n) is 7.30. The molecule has 23 heavy (non-hydrogen) atoms. The largest absolute Gasteiger partial charge is 0.434 e. The lowest BCUT2D eigenvalue weighted by Crippen LogP contribution is -2.39. The Morgan fingerprint density at radius 1 is 1.43 bits per heavy atom. The summed E-state index contributed by atoms with van der Waals surface area (Å²) in [5, 5.41) is 4.22. The van der Waals surface area contributed by atoms with Gasteiger partial charge in [-0.05, 0) is 13.0 Å². The smallest absolute Gasteiger partial charge is 0.379 e. The number of nitrogens with zero attached hydrogens (tertiary/aromatic N) is 3. The number of hydrogen-bond donors (Lipinski definition) is 2. The van der Waals surface area contributed by atoms with Gasteiger partial charge in [-0.3, -0.25) is 4.90 Å². The van der Waals surface area contributed by atoms with E-state index in [1.165, 1.54) is 0 Å². The van der Waals surface area contributed by atoms with Crippen LogP contribution >= 0.6 is 11.3 Å². The number of aromatic nitrogens is 1. The number of nitrogens with one attached hydrogen (secondary N) is 1. The number of hydrogen-bond acceptors (Lipinski definition) is 5. The molecule has 1 aromatic rings. The van der Waals surface area contributed by atoms with E-state index in [9.17, 15) is 13.2 Å². The second kappa shape index (κ2) is 8.46. The first-order chi connectivity index (χ1) is 10.9. The van der Waals surface area contributed by atoms with Gasteiger partial charge in [-0.1, -0.05) is 0 Å². The highest BCUT2D eigenvalue weighted by molar-refractivity contribution is 7.09. The second-order valence-corrected chi connectivity index (χ2v) is 6.00. The first-order valence-corrected chi connectivity index (χ1v) is 8.18. The second-order valence-electron chi connectivity index (χ2n) is 5.06. The van der Waals surface area contributed by atoms with Crippen LogP contribution in [0.15, 0.2) is 10.4 Å². The van der Waals surface area contributed by atoms with Crippen molar-refractivity contribution < 1.29 is 17.9 Å². The maximum Gasteiger partial charge on any atom is 0.434 e. The Bertz CT molecular complexity index is 514. The van der Waals surface area contributed by atoms with Crippen molar-refractivity contribution in [1.29, 1.82) is 0 Å². The van der Waals surface area contributed by atoms with Crippen LogP contribution in [0.3, 0.4) is 0 Å². The van der Waals surface area contributed by atoms with Gasteiger partial charge in [0.05, 0.1) is 19.8 Å². The van der Waals surface area contributed by atoms with Gasteiger partial charge in [0.15, 0.2) is 11.7 Å². The third kappa shape index (κ3) is 6.32. The molecule has 0 aliphatic carbocycles. The minimum Gasteiger partial charge on any atom is -0.379 e. The van der Waals surface area contributed by atoms with E-state index in [-0.39, 0.29) is 17.5 Å². The van der Waals surface area contributed by atoms with Crippen molar-refractivity contribution in [3.05, 3.63) is 16.1 Å². The molecule has 0 atom stereocenters. The number of thiazole rings is 1. The van der Waals surface area contributed by atoms with Gasteiger partial charge in [-0.2, -0.15) is 13.2 Å². The average Bonchev–Trinajstić information content (AvgIpc) is 3.00. The van der Waals surface area contributed by atoms with Crippen LogP contribution in [0.1, 0.15) is 17.1 Å². The fourth-order valence-electron chi connectivity index (χ4n) is 2.07. The molecule has 1 fully saturated rings. The normalized spacial score (nSPS) is 17.4. The number of guanidine groups is 1. The molecule has 1 aliphatic heterocycles. The van der Waals surface area contributed by atoms with Gasteiger partial charge in [-0.15, -0.1) is 11.3 Å². The minimum absolute atomic E-state index is 0.0447. The maximum absolute atomic E-state index is 12.4. The molecule has 6 nitrogen and oxygen atoms in total. The highest BCUT2D eigenvalue weighted by atomic mass is 32.1. The zero-order valence-electron chi connectivity index (χ0n) is 12.6. The van der Waals surface area contributed by atoms with Crippen LogP contribution in [-0.4, -0.2) is 55.2 Å². The van der Waals surface area contributed by atoms with E-state index in [0.717, 1.165) is 56.0 Å². The zero-order chi connectivity index (χ0) is 16.7. The molecule has 0 unspecified atom stereocenters. The standard InChI is InChI=1S/C13H20F3N5OS/c14-13(15,16)10-9-23-11(20-10)8-19-12(17)18-2-1-3-21-4-6-22-7-5-21/h9H,1-8H2,(H3,17,18,19). The molecule has 130 valence electrons. The van der Waals surface area contributed by atoms with Crippen molar-refractivity contribution in [2.24, 2.45) is 10.7 Å². The summed E-state index contributed by atoms with van der Waals surface area (Å²) in [7, 11) is 0. The number of halogens is 3. The zero-order valence-corrected chi connectivity index (χ0v) is 13.4. The lowest BCUT2D eigenvalue weighted by molar-refractivity contribution is -0.140. The summed E-state index contributed by atoms with van der Waals surface area (Å²) in [5.41, 5.74) is 4.81. The average molecular weight is 351 g/mol. The van der Waals surface area contributed by atoms with Crippen molar-refractivity contribution in [3.8, 4) is 0 Å². The van der Waals surface area contributed by atoms with Crippen LogP contribution in [0.2, 0.25) is 0 Å². The van der Waals surface area contributed by atoms with Gasteiger partial charge in [0, 0.05) is 25.0 Å². The van der Waals surface area contributed by atoms with Crippen LogP contribution in [0, 0.1) is 0 Å². The van der Waals surface area contributed by atoms with Crippen LogP contribution in [0.25, 0.3) is 0 Å². The number of aliphatic imine (C=N–C) groups is 1. The van der Waals surface area contributed by atoms with Crippen LogP contribution in [-0.2, 0) is 17.5 Å². The van der Waals surface area contributed by atoms with E-state index >= 15 is 0 Å². The van der Waals surface area contributed by atoms with Crippen molar-refractivity contribution in [2.75, 3.05) is 39.4 Å². The van der Waals surface area contributed by atoms with E-state index in [0.29, 0.717) is 6.54 Å². The molecule has 0 saturated carbocycles. The van der Waals surface area contributed by atoms with Crippen LogP contribution in [0.4, 0.5) is 13.2 Å². The van der Waals surface area contributed by atoms with Gasteiger partial charge in [0.25, 0.3) is 0 Å². The molecule has 2 rings (SSSR count). The third-order valence-corrected chi connectivity index (χ3v) is 4.12. The summed E-state index contributed by atoms with van der Waals surface area (Å²) in [5.74, 6) is 0.218. The van der Waals surface area contributed by atoms with E-state index in [2.05, 4.69) is 20.2 Å². The lowest BCUT2D eigenvalue weighted by atomic mass is 10.3. The van der Waals surface area contributed by atoms with Crippen molar-refractivity contribution in [2.45, 2.75) is 19.1 Å². The Kier molecular flexibility index (Phi) is 6.60. The van der Waals surface area contributed by atoms with Gasteiger partial charge < -0.3 is 15.8 Å². The number of ether oxygens (including phenoxy) is 1. The summed E-state index contributed by atoms with van der Waals surface area (Å²) in [6.07, 6.45) is -3.51. The molecular weight excluding hydrogens is 331 g/mol. The SMILES string of the molecule is NC(=NCc1nc(C(F)(F)F)cs1)NCCCN1CCOCC1. The molecule has 0 bridgehead atoms. The topological polar surface area (TPSA) is 75.8 Å². The quantitative estimate of drug-likeness (QED) is 0.459. The highest BCUT2D eigenvalue weighted by Gasteiger charge is 2.33. The van der Waals surface area contributed by atoms with E-state index < -0.39 is 11.9 Å². The molecule has 10 heteroatoms. The first kappa shape index (κ1) is 18.0. The van der Waals surface area contributed by atoms with Gasteiger partial charge in [0.1, 0.15) is 5.01 Å². The number of nitrogens with two attached hydrogens (primary N) is 1. The van der Waals surface area contributed by atoms with Crippen molar-refractivity contribution in [3.63, 3.8) is 0 Å². The molecule has 1 saturated heterocycles. The number of alkyl halides is 3. The van der Waals surface area contributed by atoms with E-state index in [4.69, 9.17) is 10.5 Å². The minimum atomic E-state index is -4.41. The Balaban J connectivity index is 1.65. The summed E-state index contributed by atoms with van der Waals surface area (Å²) < 4.78 is 42.5. The molecule has 1 aliphatic rings. The molecule has 1 aromatic heterocycles. The van der Waals surface area contributed by atoms with Crippen LogP contribution < -0.4 is 11.1 Å². The summed E-state index contributed by atoms with van der Waals surface area (Å²) in [6, 6.07) is 0. The monoisotopic (exact) mass is 351 g/mol. The third-order valence-electron chi connectivity index (χ3n) is 3.29. The number of rotatable bonds is 6. The fourth-order valence-corrected chi connectivity index (χ4v) is 2.79. The molecular formula is C13H20F3N5OS. The number of morpholine rings is 1. The van der Waals surface area contributed by atoms with E-state index in [1.54, 1.807) is 0 Å². The van der Waals surface area contributed by atoms with Crippen molar-refractivity contribution in [1.82, 2.24) is 15.2 Å².